The summed E-state index contributed by atoms with van der Waals surface area (Å²) >= 11 is 11.6. The predicted molar refractivity (Wildman–Crippen MR) is 86.5 cm³/mol. The Labute approximate surface area is 146 Å². The Morgan fingerprint density at radius 3 is 2.42 bits per heavy atom. The zero-order valence-corrected chi connectivity index (χ0v) is 13.8. The van der Waals surface area contributed by atoms with Gasteiger partial charge in [0.25, 0.3) is 0 Å². The maximum atomic E-state index is 13.8. The summed E-state index contributed by atoms with van der Waals surface area (Å²) < 4.78 is 31.7. The van der Waals surface area contributed by atoms with Crippen molar-refractivity contribution in [2.45, 2.75) is 6.42 Å². The molecule has 0 unspecified atom stereocenters. The van der Waals surface area contributed by atoms with Crippen LogP contribution >= 0.6 is 23.2 Å². The molecule has 0 saturated carbocycles. The molecule has 2 rings (SSSR count). The first-order valence-electron chi connectivity index (χ1n) is 6.63. The van der Waals surface area contributed by atoms with Crippen LogP contribution in [0.15, 0.2) is 30.3 Å². The Morgan fingerprint density at radius 2 is 1.79 bits per heavy atom. The molecule has 0 aliphatic carbocycles. The second-order valence-electron chi connectivity index (χ2n) is 4.78. The molecule has 0 heterocycles. The van der Waals surface area contributed by atoms with Crippen molar-refractivity contribution in [3.63, 3.8) is 0 Å². The van der Waals surface area contributed by atoms with Gasteiger partial charge in [-0.1, -0.05) is 29.3 Å². The van der Waals surface area contributed by atoms with E-state index in [1.807, 2.05) is 0 Å². The van der Waals surface area contributed by atoms with Gasteiger partial charge in [-0.3, -0.25) is 4.79 Å². The summed E-state index contributed by atoms with van der Waals surface area (Å²) in [6, 6.07) is 6.00. The zero-order valence-electron chi connectivity index (χ0n) is 12.3. The lowest BCUT2D eigenvalue weighted by Crippen LogP contribution is -2.16. The van der Waals surface area contributed by atoms with E-state index in [-0.39, 0.29) is 17.1 Å². The number of methoxy groups -OCH3 is 1. The molecule has 1 amide bonds. The average molecular weight is 374 g/mol. The van der Waals surface area contributed by atoms with Crippen LogP contribution in [-0.4, -0.2) is 19.0 Å². The smallest absolute Gasteiger partial charge is 0.340 e. The van der Waals surface area contributed by atoms with Gasteiger partial charge in [-0.05, 0) is 23.8 Å². The Morgan fingerprint density at radius 1 is 1.08 bits per heavy atom. The summed E-state index contributed by atoms with van der Waals surface area (Å²) in [5.74, 6) is -3.65. The molecule has 0 fully saturated rings. The van der Waals surface area contributed by atoms with Crippen molar-refractivity contribution in [1.82, 2.24) is 0 Å². The highest BCUT2D eigenvalue weighted by molar-refractivity contribution is 6.42. The van der Waals surface area contributed by atoms with Crippen LogP contribution in [0, 0.1) is 11.6 Å². The van der Waals surface area contributed by atoms with Crippen molar-refractivity contribution >= 4 is 40.8 Å². The molecule has 2 aromatic rings. The van der Waals surface area contributed by atoms with Gasteiger partial charge in [-0.25, -0.2) is 13.6 Å². The molecule has 2 aromatic carbocycles. The minimum atomic E-state index is -1.08. The molecule has 0 aliphatic rings. The molecule has 0 aromatic heterocycles. The molecule has 0 bridgehead atoms. The zero-order chi connectivity index (χ0) is 17.9. The fourth-order valence-corrected chi connectivity index (χ4v) is 2.26. The van der Waals surface area contributed by atoms with Crippen molar-refractivity contribution in [1.29, 1.82) is 0 Å². The molecular formula is C16H11Cl2F2NO3. The number of esters is 1. The fraction of sp³-hybridized carbons (Fsp3) is 0.125. The van der Waals surface area contributed by atoms with Gasteiger partial charge in [0.1, 0.15) is 11.6 Å². The third-order valence-electron chi connectivity index (χ3n) is 3.08. The standard InChI is InChI=1S/C16H11Cl2F2NO3/c1-24-16(23)9-6-14(13(20)7-12(9)19)21-15(22)5-8-2-3-10(17)11(18)4-8/h2-4,6-7H,5H2,1H3,(H,21,22). The largest absolute Gasteiger partial charge is 0.465 e. The summed E-state index contributed by atoms with van der Waals surface area (Å²) in [4.78, 5) is 23.4. The number of nitrogens with one attached hydrogen (secondary N) is 1. The molecule has 1 N–H and O–H groups in total. The molecular weight excluding hydrogens is 363 g/mol. The van der Waals surface area contributed by atoms with E-state index in [1.165, 1.54) is 12.1 Å². The third kappa shape index (κ3) is 4.21. The number of amides is 1. The highest BCUT2D eigenvalue weighted by atomic mass is 35.5. The lowest BCUT2D eigenvalue weighted by atomic mass is 10.1. The summed E-state index contributed by atoms with van der Waals surface area (Å²) in [5, 5.41) is 2.90. The van der Waals surface area contributed by atoms with Crippen molar-refractivity contribution in [2.24, 2.45) is 0 Å². The number of rotatable bonds is 4. The number of halogens is 4. The van der Waals surface area contributed by atoms with Gasteiger partial charge in [0, 0.05) is 6.07 Å². The Hall–Kier alpha value is -2.18. The molecule has 24 heavy (non-hydrogen) atoms. The summed E-state index contributed by atoms with van der Waals surface area (Å²) in [5.41, 5.74) is -0.261. The van der Waals surface area contributed by atoms with Crippen LogP contribution in [0.4, 0.5) is 14.5 Å². The second-order valence-corrected chi connectivity index (χ2v) is 5.59. The van der Waals surface area contributed by atoms with Crippen LogP contribution in [-0.2, 0) is 16.0 Å². The van der Waals surface area contributed by atoms with Crippen molar-refractivity contribution in [2.75, 3.05) is 12.4 Å². The van der Waals surface area contributed by atoms with Crippen LogP contribution in [0.25, 0.3) is 0 Å². The highest BCUT2D eigenvalue weighted by Crippen LogP contribution is 2.24. The molecule has 4 nitrogen and oxygen atoms in total. The molecule has 126 valence electrons. The minimum Gasteiger partial charge on any atom is -0.465 e. The van der Waals surface area contributed by atoms with Gasteiger partial charge in [0.05, 0.1) is 34.8 Å². The van der Waals surface area contributed by atoms with E-state index in [1.54, 1.807) is 6.07 Å². The quantitative estimate of drug-likeness (QED) is 0.815. The Balaban J connectivity index is 2.19. The normalized spacial score (nSPS) is 10.4. The van der Waals surface area contributed by atoms with Crippen LogP contribution in [0.2, 0.25) is 10.0 Å². The fourth-order valence-electron chi connectivity index (χ4n) is 1.94. The van der Waals surface area contributed by atoms with E-state index in [9.17, 15) is 18.4 Å². The van der Waals surface area contributed by atoms with Gasteiger partial charge >= 0.3 is 5.97 Å². The third-order valence-corrected chi connectivity index (χ3v) is 3.82. The lowest BCUT2D eigenvalue weighted by molar-refractivity contribution is -0.115. The molecule has 0 radical (unpaired) electrons. The van der Waals surface area contributed by atoms with Gasteiger partial charge in [-0.2, -0.15) is 0 Å². The van der Waals surface area contributed by atoms with E-state index < -0.39 is 29.1 Å². The number of hydrogen-bond donors (Lipinski definition) is 1. The first kappa shape index (κ1) is 18.2. The summed E-state index contributed by atoms with van der Waals surface area (Å²) in [6.07, 6.45) is -0.110. The van der Waals surface area contributed by atoms with Gasteiger partial charge in [0.15, 0.2) is 0 Å². The topological polar surface area (TPSA) is 55.4 Å². The summed E-state index contributed by atoms with van der Waals surface area (Å²) in [7, 11) is 1.06. The van der Waals surface area contributed by atoms with Crippen molar-refractivity contribution in [3.05, 3.63) is 63.1 Å². The van der Waals surface area contributed by atoms with E-state index in [2.05, 4.69) is 10.1 Å². The molecule has 8 heteroatoms. The first-order chi connectivity index (χ1) is 11.3. The van der Waals surface area contributed by atoms with E-state index in [0.29, 0.717) is 16.7 Å². The summed E-state index contributed by atoms with van der Waals surface area (Å²) in [6.45, 7) is 0. The molecule has 0 saturated heterocycles. The first-order valence-corrected chi connectivity index (χ1v) is 7.38. The monoisotopic (exact) mass is 373 g/mol. The van der Waals surface area contributed by atoms with E-state index in [0.717, 1.165) is 13.2 Å². The Kier molecular flexibility index (Phi) is 5.75. The number of carbonyl (C=O) groups is 2. The van der Waals surface area contributed by atoms with Crippen LogP contribution in [0.1, 0.15) is 15.9 Å². The molecule has 0 atom stereocenters. The lowest BCUT2D eigenvalue weighted by Gasteiger charge is -2.09. The van der Waals surface area contributed by atoms with Crippen LogP contribution < -0.4 is 5.32 Å². The predicted octanol–water partition coefficient (Wildman–Crippen LogP) is 4.24. The van der Waals surface area contributed by atoms with Crippen LogP contribution in [0.5, 0.6) is 0 Å². The molecule has 0 aliphatic heterocycles. The maximum Gasteiger partial charge on any atom is 0.340 e. The van der Waals surface area contributed by atoms with Gasteiger partial charge in [-0.15, -0.1) is 0 Å². The van der Waals surface area contributed by atoms with Crippen molar-refractivity contribution in [3.8, 4) is 0 Å². The number of anilines is 1. The number of benzene rings is 2. The Bertz CT molecular complexity index is 812. The molecule has 0 spiro atoms. The maximum absolute atomic E-state index is 13.8. The average Bonchev–Trinajstić information content (AvgIpc) is 2.52. The number of carbonyl (C=O) groups excluding carboxylic acids is 2. The number of ether oxygens (including phenoxy) is 1. The second kappa shape index (κ2) is 7.59. The number of hydrogen-bond acceptors (Lipinski definition) is 3. The minimum absolute atomic E-state index is 0.110. The SMILES string of the molecule is COC(=O)c1cc(NC(=O)Cc2ccc(Cl)c(Cl)c2)c(F)cc1F. The van der Waals surface area contributed by atoms with Crippen molar-refractivity contribution < 1.29 is 23.1 Å². The highest BCUT2D eigenvalue weighted by Gasteiger charge is 2.18. The van der Waals surface area contributed by atoms with Gasteiger partial charge in [0.2, 0.25) is 5.91 Å². The van der Waals surface area contributed by atoms with Crippen LogP contribution in [0.3, 0.4) is 0 Å². The van der Waals surface area contributed by atoms with E-state index >= 15 is 0 Å². The van der Waals surface area contributed by atoms with E-state index in [4.69, 9.17) is 23.2 Å². The van der Waals surface area contributed by atoms with Gasteiger partial charge < -0.3 is 10.1 Å².